The van der Waals surface area contributed by atoms with E-state index < -0.39 is 0 Å². The summed E-state index contributed by atoms with van der Waals surface area (Å²) in [7, 11) is 0. The van der Waals surface area contributed by atoms with Crippen LogP contribution in [0.15, 0.2) is 28.7 Å². The van der Waals surface area contributed by atoms with E-state index in [9.17, 15) is 0 Å². The third-order valence-corrected chi connectivity index (χ3v) is 4.39. The highest BCUT2D eigenvalue weighted by molar-refractivity contribution is 9.10. The maximum Gasteiger partial charge on any atom is 0.0221 e. The summed E-state index contributed by atoms with van der Waals surface area (Å²) in [5.74, 6) is 0. The Labute approximate surface area is 107 Å². The van der Waals surface area contributed by atoms with E-state index in [1.165, 1.54) is 42.1 Å². The van der Waals surface area contributed by atoms with Gasteiger partial charge in [0.1, 0.15) is 0 Å². The Hall–Kier alpha value is -0.340. The zero-order valence-corrected chi connectivity index (χ0v) is 11.5. The molecule has 1 aromatic rings. The summed E-state index contributed by atoms with van der Waals surface area (Å²) in [6.07, 6.45) is 6.79. The monoisotopic (exact) mass is 281 g/mol. The molecule has 0 amide bonds. The summed E-state index contributed by atoms with van der Waals surface area (Å²) >= 11 is 3.60. The van der Waals surface area contributed by atoms with Gasteiger partial charge in [0.05, 0.1) is 0 Å². The first-order valence-corrected chi connectivity index (χ1v) is 6.97. The van der Waals surface area contributed by atoms with Crippen molar-refractivity contribution in [2.24, 2.45) is 0 Å². The molecule has 0 saturated heterocycles. The van der Waals surface area contributed by atoms with Gasteiger partial charge in [-0.25, -0.2) is 0 Å². The smallest absolute Gasteiger partial charge is 0.0221 e. The molecule has 1 fully saturated rings. The van der Waals surface area contributed by atoms with E-state index in [1.54, 1.807) is 0 Å². The molecule has 1 aliphatic carbocycles. The second-order valence-corrected chi connectivity index (χ2v) is 5.92. The van der Waals surface area contributed by atoms with E-state index in [0.717, 1.165) is 6.54 Å². The second-order valence-electron chi connectivity index (χ2n) is 5.07. The molecule has 1 nitrogen and oxygen atoms in total. The van der Waals surface area contributed by atoms with Crippen LogP contribution >= 0.6 is 15.9 Å². The SMILES string of the molecule is CC1(NCc2ccccc2Br)CCCCC1. The lowest BCUT2D eigenvalue weighted by Gasteiger charge is -2.35. The summed E-state index contributed by atoms with van der Waals surface area (Å²) in [5, 5.41) is 3.73. The molecule has 88 valence electrons. The fourth-order valence-electron chi connectivity index (χ4n) is 2.46. The Morgan fingerprint density at radius 3 is 2.56 bits per heavy atom. The van der Waals surface area contributed by atoms with Crippen LogP contribution in [0.2, 0.25) is 0 Å². The van der Waals surface area contributed by atoms with Crippen LogP contribution in [-0.2, 0) is 6.54 Å². The van der Waals surface area contributed by atoms with Gasteiger partial charge in [-0.3, -0.25) is 0 Å². The highest BCUT2D eigenvalue weighted by Crippen LogP contribution is 2.28. The summed E-state index contributed by atoms with van der Waals surface area (Å²) in [6, 6.07) is 8.46. The first-order chi connectivity index (χ1) is 7.70. The summed E-state index contributed by atoms with van der Waals surface area (Å²) in [6.45, 7) is 3.33. The first kappa shape index (κ1) is 12.1. The topological polar surface area (TPSA) is 12.0 Å². The Kier molecular flexibility index (Phi) is 4.04. The number of halogens is 1. The molecule has 0 bridgehead atoms. The number of rotatable bonds is 3. The first-order valence-electron chi connectivity index (χ1n) is 6.18. The van der Waals surface area contributed by atoms with Crippen LogP contribution in [0.4, 0.5) is 0 Å². The maximum absolute atomic E-state index is 3.73. The molecule has 1 aliphatic rings. The second kappa shape index (κ2) is 5.33. The molecule has 1 aromatic carbocycles. The van der Waals surface area contributed by atoms with Gasteiger partial charge in [0.25, 0.3) is 0 Å². The Balaban J connectivity index is 1.94. The van der Waals surface area contributed by atoms with Crippen molar-refractivity contribution in [3.63, 3.8) is 0 Å². The van der Waals surface area contributed by atoms with E-state index in [1.807, 2.05) is 0 Å². The lowest BCUT2D eigenvalue weighted by Crippen LogP contribution is -2.43. The van der Waals surface area contributed by atoms with Crippen LogP contribution in [0.25, 0.3) is 0 Å². The standard InChI is InChI=1S/C14H20BrN/c1-14(9-5-2-6-10-14)16-11-12-7-3-4-8-13(12)15/h3-4,7-8,16H,2,5-6,9-11H2,1H3. The Morgan fingerprint density at radius 2 is 1.88 bits per heavy atom. The van der Waals surface area contributed by atoms with Crippen molar-refractivity contribution >= 4 is 15.9 Å². The number of benzene rings is 1. The molecule has 2 heteroatoms. The van der Waals surface area contributed by atoms with Gasteiger partial charge in [-0.15, -0.1) is 0 Å². The van der Waals surface area contributed by atoms with E-state index in [4.69, 9.17) is 0 Å². The van der Waals surface area contributed by atoms with Crippen LogP contribution in [-0.4, -0.2) is 5.54 Å². The summed E-state index contributed by atoms with van der Waals surface area (Å²) in [5.41, 5.74) is 1.71. The van der Waals surface area contributed by atoms with Crippen molar-refractivity contribution in [3.8, 4) is 0 Å². The molecule has 0 radical (unpaired) electrons. The van der Waals surface area contributed by atoms with E-state index >= 15 is 0 Å². The number of hydrogen-bond acceptors (Lipinski definition) is 1. The summed E-state index contributed by atoms with van der Waals surface area (Å²) in [4.78, 5) is 0. The molecule has 16 heavy (non-hydrogen) atoms. The molecule has 0 unspecified atom stereocenters. The van der Waals surface area contributed by atoms with E-state index in [0.29, 0.717) is 5.54 Å². The lowest BCUT2D eigenvalue weighted by molar-refractivity contribution is 0.252. The normalized spacial score (nSPS) is 19.6. The van der Waals surface area contributed by atoms with Crippen molar-refractivity contribution in [2.45, 2.75) is 51.1 Å². The molecule has 0 aromatic heterocycles. The molecular weight excluding hydrogens is 262 g/mol. The minimum absolute atomic E-state index is 0.355. The van der Waals surface area contributed by atoms with Gasteiger partial charge >= 0.3 is 0 Å². The van der Waals surface area contributed by atoms with Gasteiger partial charge in [-0.1, -0.05) is 53.4 Å². The maximum atomic E-state index is 3.73. The number of nitrogens with one attached hydrogen (secondary N) is 1. The van der Waals surface area contributed by atoms with Crippen molar-refractivity contribution < 1.29 is 0 Å². The highest BCUT2D eigenvalue weighted by Gasteiger charge is 2.25. The zero-order chi connectivity index (χ0) is 11.4. The average Bonchev–Trinajstić information content (AvgIpc) is 2.29. The average molecular weight is 282 g/mol. The molecule has 0 spiro atoms. The largest absolute Gasteiger partial charge is 0.307 e. The van der Waals surface area contributed by atoms with Crippen molar-refractivity contribution in [1.82, 2.24) is 5.32 Å². The summed E-state index contributed by atoms with van der Waals surface area (Å²) < 4.78 is 1.21. The van der Waals surface area contributed by atoms with Crippen LogP contribution in [0.3, 0.4) is 0 Å². The fraction of sp³-hybridized carbons (Fsp3) is 0.571. The van der Waals surface area contributed by atoms with Gasteiger partial charge in [-0.05, 0) is 31.4 Å². The molecule has 0 aliphatic heterocycles. The van der Waals surface area contributed by atoms with Gasteiger partial charge < -0.3 is 5.32 Å². The van der Waals surface area contributed by atoms with Crippen molar-refractivity contribution in [2.75, 3.05) is 0 Å². The van der Waals surface area contributed by atoms with Gasteiger partial charge in [-0.2, -0.15) is 0 Å². The predicted octanol–water partition coefficient (Wildman–Crippen LogP) is 4.26. The van der Waals surface area contributed by atoms with Gasteiger partial charge in [0.15, 0.2) is 0 Å². The zero-order valence-electron chi connectivity index (χ0n) is 9.93. The van der Waals surface area contributed by atoms with Crippen LogP contribution in [0.5, 0.6) is 0 Å². The van der Waals surface area contributed by atoms with E-state index in [2.05, 4.69) is 52.4 Å². The Morgan fingerprint density at radius 1 is 1.19 bits per heavy atom. The van der Waals surface area contributed by atoms with Crippen molar-refractivity contribution in [1.29, 1.82) is 0 Å². The van der Waals surface area contributed by atoms with Crippen LogP contribution < -0.4 is 5.32 Å². The molecule has 2 rings (SSSR count). The lowest BCUT2D eigenvalue weighted by atomic mass is 9.83. The van der Waals surface area contributed by atoms with E-state index in [-0.39, 0.29) is 0 Å². The van der Waals surface area contributed by atoms with Gasteiger partial charge in [0, 0.05) is 16.6 Å². The fourth-order valence-corrected chi connectivity index (χ4v) is 2.88. The minimum atomic E-state index is 0.355. The van der Waals surface area contributed by atoms with Crippen molar-refractivity contribution in [3.05, 3.63) is 34.3 Å². The van der Waals surface area contributed by atoms with Crippen LogP contribution in [0, 0.1) is 0 Å². The molecule has 1 saturated carbocycles. The molecule has 0 heterocycles. The quantitative estimate of drug-likeness (QED) is 0.873. The molecular formula is C14H20BrN. The minimum Gasteiger partial charge on any atom is -0.307 e. The van der Waals surface area contributed by atoms with Gasteiger partial charge in [0.2, 0.25) is 0 Å². The third kappa shape index (κ3) is 3.08. The van der Waals surface area contributed by atoms with Crippen LogP contribution in [0.1, 0.15) is 44.6 Å². The molecule has 1 N–H and O–H groups in total. The number of hydrogen-bond donors (Lipinski definition) is 1. The third-order valence-electron chi connectivity index (χ3n) is 3.62. The molecule has 0 atom stereocenters. The predicted molar refractivity (Wildman–Crippen MR) is 72.5 cm³/mol. The highest BCUT2D eigenvalue weighted by atomic mass is 79.9. The Bertz CT molecular complexity index is 342.